The van der Waals surface area contributed by atoms with Crippen molar-refractivity contribution in [3.8, 4) is 0 Å². The van der Waals surface area contributed by atoms with E-state index in [0.717, 1.165) is 36.0 Å². The minimum Gasteiger partial charge on any atom is -0.372 e. The second-order valence-corrected chi connectivity index (χ2v) is 8.90. The van der Waals surface area contributed by atoms with E-state index in [-0.39, 0.29) is 11.9 Å². The van der Waals surface area contributed by atoms with Gasteiger partial charge in [-0.2, -0.15) is 5.01 Å². The van der Waals surface area contributed by atoms with Crippen LogP contribution in [0.5, 0.6) is 0 Å². The molecule has 0 heterocycles. The molecule has 2 N–H and O–H groups in total. The lowest BCUT2D eigenvalue weighted by molar-refractivity contribution is -0.0588. The number of rotatable bonds is 11. The van der Waals surface area contributed by atoms with Gasteiger partial charge in [0.1, 0.15) is 6.23 Å². The van der Waals surface area contributed by atoms with Gasteiger partial charge >= 0.3 is 0 Å². The Morgan fingerprint density at radius 2 is 1.65 bits per heavy atom. The number of hydrogen-bond acceptors (Lipinski definition) is 3. The van der Waals surface area contributed by atoms with E-state index < -0.39 is 6.23 Å². The van der Waals surface area contributed by atoms with E-state index in [9.17, 15) is 9.90 Å². The highest BCUT2D eigenvalue weighted by Crippen LogP contribution is 2.25. The van der Waals surface area contributed by atoms with Crippen LogP contribution in [0.1, 0.15) is 64.2 Å². The molecule has 0 aliphatic rings. The summed E-state index contributed by atoms with van der Waals surface area (Å²) < 4.78 is 0. The van der Waals surface area contributed by atoms with Crippen molar-refractivity contribution in [3.63, 3.8) is 0 Å². The fourth-order valence-electron chi connectivity index (χ4n) is 4.29. The molecule has 0 saturated carbocycles. The average Bonchev–Trinajstić information content (AvgIpc) is 2.85. The van der Waals surface area contributed by atoms with Crippen molar-refractivity contribution in [2.75, 3.05) is 0 Å². The summed E-state index contributed by atoms with van der Waals surface area (Å²) in [5.41, 5.74) is 8.89. The predicted molar refractivity (Wildman–Crippen MR) is 139 cm³/mol. The van der Waals surface area contributed by atoms with Crippen molar-refractivity contribution in [1.82, 2.24) is 10.4 Å². The molecule has 2 atom stereocenters. The van der Waals surface area contributed by atoms with E-state index in [1.54, 1.807) is 5.01 Å². The molecule has 0 spiro atoms. The molecular formula is C30H36N2O2. The number of aliphatic hydroxyl groups is 1. The molecule has 1 amide bonds. The molecule has 3 aromatic carbocycles. The van der Waals surface area contributed by atoms with E-state index in [1.807, 2.05) is 74.5 Å². The van der Waals surface area contributed by atoms with Crippen molar-refractivity contribution in [1.29, 1.82) is 0 Å². The number of benzene rings is 3. The Morgan fingerprint density at radius 3 is 2.24 bits per heavy atom. The summed E-state index contributed by atoms with van der Waals surface area (Å²) in [5, 5.41) is 13.2. The number of nitrogens with zero attached hydrogens (tertiary/aromatic N) is 1. The first-order valence-electron chi connectivity index (χ1n) is 12.0. The summed E-state index contributed by atoms with van der Waals surface area (Å²) in [6.45, 7) is 10.0. The third-order valence-corrected chi connectivity index (χ3v) is 6.10. The van der Waals surface area contributed by atoms with Crippen LogP contribution in [0, 0.1) is 13.8 Å². The van der Waals surface area contributed by atoms with Crippen LogP contribution in [-0.4, -0.2) is 22.1 Å². The van der Waals surface area contributed by atoms with Crippen molar-refractivity contribution < 1.29 is 9.90 Å². The van der Waals surface area contributed by atoms with Crippen LogP contribution in [0.25, 0.3) is 0 Å². The largest absolute Gasteiger partial charge is 0.372 e. The number of carbonyl (C=O) groups excluding carboxylic acids is 1. The Morgan fingerprint density at radius 1 is 1.00 bits per heavy atom. The molecule has 0 aromatic heterocycles. The lowest BCUT2D eigenvalue weighted by Crippen LogP contribution is -2.50. The minimum absolute atomic E-state index is 0.132. The van der Waals surface area contributed by atoms with Gasteiger partial charge in [0.25, 0.3) is 5.91 Å². The van der Waals surface area contributed by atoms with Crippen LogP contribution >= 0.6 is 0 Å². The fraction of sp³-hybridized carbons (Fsp3) is 0.300. The molecule has 0 aliphatic heterocycles. The molecule has 0 fully saturated rings. The Labute approximate surface area is 203 Å². The number of hydrogen-bond donors (Lipinski definition) is 2. The first kappa shape index (κ1) is 25.4. The molecule has 0 saturated heterocycles. The molecular weight excluding hydrogens is 420 g/mol. The van der Waals surface area contributed by atoms with E-state index in [2.05, 4.69) is 37.1 Å². The van der Waals surface area contributed by atoms with E-state index >= 15 is 0 Å². The normalized spacial score (nSPS) is 12.9. The molecule has 1 unspecified atom stereocenters. The van der Waals surface area contributed by atoms with Crippen LogP contribution in [0.4, 0.5) is 0 Å². The van der Waals surface area contributed by atoms with Gasteiger partial charge in [0, 0.05) is 11.6 Å². The first-order valence-corrected chi connectivity index (χ1v) is 12.0. The van der Waals surface area contributed by atoms with Crippen molar-refractivity contribution >= 4 is 5.91 Å². The molecule has 3 rings (SSSR count). The van der Waals surface area contributed by atoms with Gasteiger partial charge in [0.05, 0.1) is 0 Å². The topological polar surface area (TPSA) is 52.6 Å². The van der Waals surface area contributed by atoms with Gasteiger partial charge in [-0.15, -0.1) is 6.58 Å². The van der Waals surface area contributed by atoms with Crippen LogP contribution < -0.4 is 5.43 Å². The number of aliphatic hydroxyl groups excluding tert-OH is 1. The summed E-state index contributed by atoms with van der Waals surface area (Å²) in [6.07, 6.45) is 3.99. The second-order valence-electron chi connectivity index (χ2n) is 8.90. The zero-order chi connectivity index (χ0) is 24.5. The summed E-state index contributed by atoms with van der Waals surface area (Å²) in [7, 11) is 0. The Hall–Kier alpha value is -3.21. The quantitative estimate of drug-likeness (QED) is 0.209. The smallest absolute Gasteiger partial charge is 0.265 e. The first-order chi connectivity index (χ1) is 16.4. The number of carbonyl (C=O) groups is 1. The molecule has 0 bridgehead atoms. The average molecular weight is 457 g/mol. The van der Waals surface area contributed by atoms with Gasteiger partial charge < -0.3 is 5.11 Å². The SMILES string of the molecule is C=CC[C@@H](CCc1ccccc1)N(NC(=O)c1ccc(CC)cc1)C(O)c1cc(C)cc(C)c1. The van der Waals surface area contributed by atoms with Crippen molar-refractivity contribution in [2.45, 2.75) is 58.7 Å². The lowest BCUT2D eigenvalue weighted by Gasteiger charge is -2.35. The minimum atomic E-state index is -0.988. The highest BCUT2D eigenvalue weighted by Gasteiger charge is 2.28. The Bertz CT molecular complexity index is 1060. The van der Waals surface area contributed by atoms with Crippen LogP contribution in [0.15, 0.2) is 85.5 Å². The number of nitrogens with one attached hydrogen (secondary N) is 1. The molecule has 3 aromatic rings. The van der Waals surface area contributed by atoms with E-state index in [1.165, 1.54) is 11.1 Å². The molecule has 4 heteroatoms. The van der Waals surface area contributed by atoms with E-state index in [0.29, 0.717) is 12.0 Å². The Kier molecular flexibility index (Phi) is 9.20. The molecule has 34 heavy (non-hydrogen) atoms. The van der Waals surface area contributed by atoms with Crippen LogP contribution in [0.3, 0.4) is 0 Å². The van der Waals surface area contributed by atoms with Crippen LogP contribution in [-0.2, 0) is 12.8 Å². The second kappa shape index (κ2) is 12.3. The van der Waals surface area contributed by atoms with Gasteiger partial charge in [0.2, 0.25) is 0 Å². The monoisotopic (exact) mass is 456 g/mol. The zero-order valence-corrected chi connectivity index (χ0v) is 20.5. The maximum Gasteiger partial charge on any atom is 0.265 e. The molecule has 0 aliphatic carbocycles. The van der Waals surface area contributed by atoms with Gasteiger partial charge in [-0.3, -0.25) is 10.2 Å². The van der Waals surface area contributed by atoms with Crippen molar-refractivity contribution in [3.05, 3.63) is 119 Å². The number of aryl methyl sites for hydroxylation is 4. The number of hydrazine groups is 1. The van der Waals surface area contributed by atoms with Gasteiger partial charge in [-0.05, 0) is 68.4 Å². The summed E-state index contributed by atoms with van der Waals surface area (Å²) in [6, 6.07) is 23.7. The maximum atomic E-state index is 13.2. The maximum absolute atomic E-state index is 13.2. The fourth-order valence-corrected chi connectivity index (χ4v) is 4.29. The van der Waals surface area contributed by atoms with Crippen LogP contribution in [0.2, 0.25) is 0 Å². The van der Waals surface area contributed by atoms with Crippen molar-refractivity contribution in [2.24, 2.45) is 0 Å². The Balaban J connectivity index is 1.90. The molecule has 4 nitrogen and oxygen atoms in total. The third-order valence-electron chi connectivity index (χ3n) is 6.10. The van der Waals surface area contributed by atoms with Gasteiger partial charge in [-0.25, -0.2) is 0 Å². The van der Waals surface area contributed by atoms with Gasteiger partial charge in [0.15, 0.2) is 0 Å². The van der Waals surface area contributed by atoms with E-state index in [4.69, 9.17) is 0 Å². The summed E-state index contributed by atoms with van der Waals surface area (Å²) in [4.78, 5) is 13.2. The standard InChI is InChI=1S/C30H36N2O2/c1-5-10-28(18-15-25-11-8-7-9-12-25)32(30(34)27-20-22(3)19-23(4)21-27)31-29(33)26-16-13-24(6-2)14-17-26/h5,7-9,11-14,16-17,19-21,28,30,34H,1,6,10,15,18H2,2-4H3,(H,31,33)/t28-,30?/m0/s1. The van der Waals surface area contributed by atoms with Gasteiger partial charge in [-0.1, -0.05) is 84.8 Å². The highest BCUT2D eigenvalue weighted by molar-refractivity contribution is 5.93. The lowest BCUT2D eigenvalue weighted by atomic mass is 10.0. The molecule has 0 radical (unpaired) electrons. The summed E-state index contributed by atoms with van der Waals surface area (Å²) in [5.74, 6) is -0.236. The zero-order valence-electron chi connectivity index (χ0n) is 20.5. The molecule has 178 valence electrons. The third kappa shape index (κ3) is 6.89. The predicted octanol–water partition coefficient (Wildman–Crippen LogP) is 6.08. The number of amides is 1. The summed E-state index contributed by atoms with van der Waals surface area (Å²) >= 11 is 0. The highest BCUT2D eigenvalue weighted by atomic mass is 16.3.